The molecule has 3 rings (SSSR count). The zero-order valence-electron chi connectivity index (χ0n) is 18.6. The first-order valence-electron chi connectivity index (χ1n) is 10.2. The molecule has 0 aliphatic rings. The molecule has 33 heavy (non-hydrogen) atoms. The Labute approximate surface area is 195 Å². The van der Waals surface area contributed by atoms with Crippen LogP contribution in [0.15, 0.2) is 88.7 Å². The number of hydrogen-bond acceptors (Lipinski definition) is 5. The van der Waals surface area contributed by atoms with E-state index in [1.54, 1.807) is 61.5 Å². The highest BCUT2D eigenvalue weighted by Gasteiger charge is 2.27. The molecule has 0 aliphatic heterocycles. The summed E-state index contributed by atoms with van der Waals surface area (Å²) in [6, 6.07) is 20.6. The number of hydrogen-bond donors (Lipinski definition) is 1. The predicted octanol–water partition coefficient (Wildman–Crippen LogP) is 3.47. The fourth-order valence-corrected chi connectivity index (χ4v) is 5.30. The molecule has 0 unspecified atom stereocenters. The molecule has 0 spiro atoms. The molecule has 7 nitrogen and oxygen atoms in total. The summed E-state index contributed by atoms with van der Waals surface area (Å²) in [5.41, 5.74) is 2.00. The quantitative estimate of drug-likeness (QED) is 0.525. The lowest BCUT2D eigenvalue weighted by Gasteiger charge is -2.25. The van der Waals surface area contributed by atoms with Crippen molar-refractivity contribution < 1.29 is 21.6 Å². The number of rotatable bonds is 8. The second kappa shape index (κ2) is 9.76. The predicted molar refractivity (Wildman–Crippen MR) is 128 cm³/mol. The number of benzene rings is 3. The van der Waals surface area contributed by atoms with Crippen molar-refractivity contribution in [2.75, 3.05) is 17.1 Å². The van der Waals surface area contributed by atoms with Gasteiger partial charge < -0.3 is 5.32 Å². The van der Waals surface area contributed by atoms with Gasteiger partial charge in [-0.3, -0.25) is 9.10 Å². The van der Waals surface area contributed by atoms with Crippen molar-refractivity contribution in [3.05, 3.63) is 90.0 Å². The summed E-state index contributed by atoms with van der Waals surface area (Å²) in [5.74, 6) is -0.491. The number of carbonyl (C=O) groups excluding carboxylic acids is 1. The summed E-state index contributed by atoms with van der Waals surface area (Å²) >= 11 is 0. The molecular formula is C24H26N2O5S2. The maximum atomic E-state index is 13.4. The average Bonchev–Trinajstić information content (AvgIpc) is 2.77. The summed E-state index contributed by atoms with van der Waals surface area (Å²) in [7, 11) is -7.30. The minimum atomic E-state index is -3.98. The Balaban J connectivity index is 1.83. The van der Waals surface area contributed by atoms with Crippen LogP contribution in [0.2, 0.25) is 0 Å². The van der Waals surface area contributed by atoms with E-state index in [-0.39, 0.29) is 9.79 Å². The number of sulfonamides is 1. The normalized spacial score (nSPS) is 12.7. The van der Waals surface area contributed by atoms with Crippen molar-refractivity contribution in [1.82, 2.24) is 5.32 Å². The Morgan fingerprint density at radius 3 is 1.94 bits per heavy atom. The zero-order valence-corrected chi connectivity index (χ0v) is 20.2. The Bertz CT molecular complexity index is 1320. The summed E-state index contributed by atoms with van der Waals surface area (Å²) in [5, 5.41) is 2.79. The van der Waals surface area contributed by atoms with Crippen molar-refractivity contribution in [2.45, 2.75) is 29.7 Å². The Hall–Kier alpha value is -3.17. The number of para-hydroxylation sites is 1. The van der Waals surface area contributed by atoms with Gasteiger partial charge in [-0.2, -0.15) is 0 Å². The number of aryl methyl sites for hydroxylation is 1. The highest BCUT2D eigenvalue weighted by atomic mass is 32.2. The van der Waals surface area contributed by atoms with E-state index in [4.69, 9.17) is 0 Å². The average molecular weight is 487 g/mol. The van der Waals surface area contributed by atoms with E-state index in [9.17, 15) is 21.6 Å². The molecular weight excluding hydrogens is 460 g/mol. The van der Waals surface area contributed by atoms with Gasteiger partial charge in [-0.25, -0.2) is 16.8 Å². The van der Waals surface area contributed by atoms with E-state index in [1.807, 2.05) is 6.92 Å². The van der Waals surface area contributed by atoms with Crippen LogP contribution in [0, 0.1) is 6.92 Å². The van der Waals surface area contributed by atoms with Crippen LogP contribution in [-0.2, 0) is 24.7 Å². The molecule has 0 heterocycles. The van der Waals surface area contributed by atoms with Gasteiger partial charge in [-0.05, 0) is 55.8 Å². The molecule has 0 radical (unpaired) electrons. The molecule has 3 aromatic carbocycles. The maximum absolute atomic E-state index is 13.4. The highest BCUT2D eigenvalue weighted by Crippen LogP contribution is 2.24. The molecule has 0 saturated carbocycles. The van der Waals surface area contributed by atoms with Crippen molar-refractivity contribution in [3.63, 3.8) is 0 Å². The van der Waals surface area contributed by atoms with Gasteiger partial charge in [0.1, 0.15) is 6.54 Å². The number of carbonyl (C=O) groups is 1. The van der Waals surface area contributed by atoms with Gasteiger partial charge in [-0.1, -0.05) is 48.0 Å². The summed E-state index contributed by atoms with van der Waals surface area (Å²) < 4.78 is 51.1. The third-order valence-electron chi connectivity index (χ3n) is 5.13. The third-order valence-corrected chi connectivity index (χ3v) is 8.04. The van der Waals surface area contributed by atoms with Crippen molar-refractivity contribution in [1.29, 1.82) is 0 Å². The SMILES string of the molecule is Cc1ccc(S(=O)(=O)N(CC(=O)N[C@@H](C)c2ccc(S(C)(=O)=O)cc2)c2ccccc2)cc1. The molecule has 0 fully saturated rings. The van der Waals surface area contributed by atoms with Gasteiger partial charge in [0.05, 0.1) is 21.5 Å². The first-order valence-corrected chi connectivity index (χ1v) is 13.6. The zero-order chi connectivity index (χ0) is 24.2. The first kappa shape index (κ1) is 24.5. The van der Waals surface area contributed by atoms with Crippen molar-refractivity contribution in [2.24, 2.45) is 0 Å². The van der Waals surface area contributed by atoms with Crippen LogP contribution in [0.1, 0.15) is 24.1 Å². The van der Waals surface area contributed by atoms with E-state index in [0.29, 0.717) is 11.3 Å². The lowest BCUT2D eigenvalue weighted by molar-refractivity contribution is -0.120. The van der Waals surface area contributed by atoms with Crippen LogP contribution in [-0.4, -0.2) is 35.5 Å². The minimum absolute atomic E-state index is 0.0918. The van der Waals surface area contributed by atoms with Gasteiger partial charge in [0, 0.05) is 6.26 Å². The number of nitrogens with zero attached hydrogens (tertiary/aromatic N) is 1. The van der Waals surface area contributed by atoms with E-state index < -0.39 is 38.4 Å². The number of sulfone groups is 1. The highest BCUT2D eigenvalue weighted by molar-refractivity contribution is 7.93. The van der Waals surface area contributed by atoms with Crippen LogP contribution in [0.3, 0.4) is 0 Å². The largest absolute Gasteiger partial charge is 0.348 e. The fourth-order valence-electron chi connectivity index (χ4n) is 3.25. The topological polar surface area (TPSA) is 101 Å². The third kappa shape index (κ3) is 6.00. The maximum Gasteiger partial charge on any atom is 0.264 e. The molecule has 0 aliphatic carbocycles. The van der Waals surface area contributed by atoms with Crippen LogP contribution < -0.4 is 9.62 Å². The minimum Gasteiger partial charge on any atom is -0.348 e. The van der Waals surface area contributed by atoms with Crippen molar-refractivity contribution >= 4 is 31.5 Å². The standard InChI is InChI=1S/C24H26N2O5S2/c1-18-9-13-23(14-10-18)33(30,31)26(21-7-5-4-6-8-21)17-24(27)25-19(2)20-11-15-22(16-12-20)32(3,28)29/h4-16,19H,17H2,1-3H3,(H,25,27)/t19-/m0/s1. The monoisotopic (exact) mass is 486 g/mol. The van der Waals surface area contributed by atoms with E-state index >= 15 is 0 Å². The molecule has 9 heteroatoms. The molecule has 1 atom stereocenters. The second-order valence-electron chi connectivity index (χ2n) is 7.79. The van der Waals surface area contributed by atoms with Gasteiger partial charge in [0.25, 0.3) is 10.0 Å². The molecule has 1 N–H and O–H groups in total. The second-order valence-corrected chi connectivity index (χ2v) is 11.7. The van der Waals surface area contributed by atoms with Gasteiger partial charge in [-0.15, -0.1) is 0 Å². The summed E-state index contributed by atoms with van der Waals surface area (Å²) in [6.07, 6.45) is 1.12. The Morgan fingerprint density at radius 2 is 1.39 bits per heavy atom. The van der Waals surface area contributed by atoms with Gasteiger partial charge >= 0.3 is 0 Å². The number of nitrogens with one attached hydrogen (secondary N) is 1. The van der Waals surface area contributed by atoms with Gasteiger partial charge in [0.2, 0.25) is 5.91 Å². The molecule has 0 bridgehead atoms. The Kier molecular flexibility index (Phi) is 7.24. The van der Waals surface area contributed by atoms with Crippen LogP contribution in [0.25, 0.3) is 0 Å². The fraction of sp³-hybridized carbons (Fsp3) is 0.208. The number of anilines is 1. The molecule has 174 valence electrons. The van der Waals surface area contributed by atoms with E-state index in [1.165, 1.54) is 24.3 Å². The van der Waals surface area contributed by atoms with Gasteiger partial charge in [0.15, 0.2) is 9.84 Å². The van der Waals surface area contributed by atoms with E-state index in [0.717, 1.165) is 16.1 Å². The lowest BCUT2D eigenvalue weighted by Crippen LogP contribution is -2.41. The smallest absolute Gasteiger partial charge is 0.264 e. The summed E-state index contributed by atoms with van der Waals surface area (Å²) in [6.45, 7) is 3.20. The van der Waals surface area contributed by atoms with E-state index in [2.05, 4.69) is 5.32 Å². The molecule has 0 aromatic heterocycles. The Morgan fingerprint density at radius 1 is 0.848 bits per heavy atom. The molecule has 3 aromatic rings. The van der Waals surface area contributed by atoms with Crippen LogP contribution in [0.5, 0.6) is 0 Å². The molecule has 0 saturated heterocycles. The number of amides is 1. The molecule has 1 amide bonds. The first-order chi connectivity index (χ1) is 15.5. The van der Waals surface area contributed by atoms with Crippen molar-refractivity contribution in [3.8, 4) is 0 Å². The van der Waals surface area contributed by atoms with Crippen LogP contribution in [0.4, 0.5) is 5.69 Å². The summed E-state index contributed by atoms with van der Waals surface area (Å²) in [4.78, 5) is 13.1. The van der Waals surface area contributed by atoms with Crippen LogP contribution >= 0.6 is 0 Å². The lowest BCUT2D eigenvalue weighted by atomic mass is 10.1.